The van der Waals surface area contributed by atoms with Crippen LogP contribution in [0.25, 0.3) is 0 Å². The highest BCUT2D eigenvalue weighted by Gasteiger charge is 2.37. The fourth-order valence-electron chi connectivity index (χ4n) is 3.81. The average molecular weight is 434 g/mol. The lowest BCUT2D eigenvalue weighted by Crippen LogP contribution is -2.40. The third-order valence-corrected chi connectivity index (χ3v) is 5.29. The Hall–Kier alpha value is -2.13. The van der Waals surface area contributed by atoms with E-state index in [0.717, 1.165) is 30.7 Å². The molecule has 1 saturated heterocycles. The number of alkyl halides is 6. The van der Waals surface area contributed by atoms with Gasteiger partial charge in [-0.2, -0.15) is 26.3 Å². The maximum atomic E-state index is 13.2. The molecule has 0 bridgehead atoms. The molecule has 3 rings (SSSR count). The number of nitrogens with one attached hydrogen (secondary N) is 2. The zero-order valence-electron chi connectivity index (χ0n) is 15.9. The second kappa shape index (κ2) is 8.93. The summed E-state index contributed by atoms with van der Waals surface area (Å²) in [5, 5.41) is 6.23. The highest BCUT2D eigenvalue weighted by molar-refractivity contribution is 5.33. The smallest absolute Gasteiger partial charge is 0.316 e. The molecule has 0 spiro atoms. The highest BCUT2D eigenvalue weighted by Crippen LogP contribution is 2.36. The van der Waals surface area contributed by atoms with Crippen LogP contribution in [0.1, 0.15) is 34.6 Å². The topological polar surface area (TPSA) is 24.1 Å². The summed E-state index contributed by atoms with van der Waals surface area (Å²) in [6.45, 7) is 1.69. The maximum Gasteiger partial charge on any atom is 0.416 e. The van der Waals surface area contributed by atoms with Gasteiger partial charge in [0.05, 0.1) is 11.1 Å². The molecular formula is C21H21F7N2. The van der Waals surface area contributed by atoms with E-state index < -0.39 is 23.5 Å². The first kappa shape index (κ1) is 22.6. The molecule has 2 nitrogen and oxygen atoms in total. The Labute approximate surface area is 169 Å². The van der Waals surface area contributed by atoms with Gasteiger partial charge in [-0.1, -0.05) is 12.1 Å². The number of halogens is 7. The van der Waals surface area contributed by atoms with E-state index in [9.17, 15) is 30.7 Å². The van der Waals surface area contributed by atoms with Gasteiger partial charge < -0.3 is 10.6 Å². The standard InChI is InChI=1S/C21H21F7N2/c22-18-3-1-14(2-4-18)19-5-6-29-11-15(19)12-30-10-13-7-16(20(23,24)25)9-17(8-13)21(26,27)28/h1-4,7-9,15,19,29-30H,5-6,10-12H2/t15-,19-/m0/s1. The Morgan fingerprint density at radius 2 is 1.50 bits per heavy atom. The van der Waals surface area contributed by atoms with Crippen LogP contribution in [0, 0.1) is 11.7 Å². The van der Waals surface area contributed by atoms with Gasteiger partial charge >= 0.3 is 12.4 Å². The van der Waals surface area contributed by atoms with E-state index >= 15 is 0 Å². The fourth-order valence-corrected chi connectivity index (χ4v) is 3.81. The van der Waals surface area contributed by atoms with Crippen LogP contribution in [0.2, 0.25) is 0 Å². The van der Waals surface area contributed by atoms with Gasteiger partial charge in [-0.05, 0) is 72.8 Å². The van der Waals surface area contributed by atoms with E-state index in [1.54, 1.807) is 12.1 Å². The third kappa shape index (κ3) is 5.72. The lowest BCUT2D eigenvalue weighted by molar-refractivity contribution is -0.143. The molecule has 0 amide bonds. The van der Waals surface area contributed by atoms with Crippen molar-refractivity contribution in [3.05, 3.63) is 70.5 Å². The Bertz CT molecular complexity index is 812. The Kier molecular flexibility index (Phi) is 6.71. The Balaban J connectivity index is 1.70. The molecule has 1 heterocycles. The van der Waals surface area contributed by atoms with Crippen molar-refractivity contribution in [1.29, 1.82) is 0 Å². The summed E-state index contributed by atoms with van der Waals surface area (Å²) >= 11 is 0. The summed E-state index contributed by atoms with van der Waals surface area (Å²) in [4.78, 5) is 0. The third-order valence-electron chi connectivity index (χ3n) is 5.29. The largest absolute Gasteiger partial charge is 0.416 e. The molecule has 2 aromatic rings. The molecule has 1 fully saturated rings. The van der Waals surface area contributed by atoms with Crippen molar-refractivity contribution in [2.24, 2.45) is 5.92 Å². The van der Waals surface area contributed by atoms with Crippen LogP contribution >= 0.6 is 0 Å². The predicted octanol–water partition coefficient (Wildman–Crippen LogP) is 5.35. The van der Waals surface area contributed by atoms with Crippen molar-refractivity contribution in [2.45, 2.75) is 31.2 Å². The first-order valence-corrected chi connectivity index (χ1v) is 9.49. The van der Waals surface area contributed by atoms with Crippen LogP contribution in [-0.4, -0.2) is 19.6 Å². The molecule has 2 aromatic carbocycles. The molecule has 0 unspecified atom stereocenters. The van der Waals surface area contributed by atoms with Crippen LogP contribution in [0.3, 0.4) is 0 Å². The van der Waals surface area contributed by atoms with Gasteiger partial charge in [-0.15, -0.1) is 0 Å². The van der Waals surface area contributed by atoms with E-state index in [-0.39, 0.29) is 35.8 Å². The van der Waals surface area contributed by atoms with Gasteiger partial charge in [0.25, 0.3) is 0 Å². The molecule has 2 atom stereocenters. The van der Waals surface area contributed by atoms with Crippen LogP contribution in [0.15, 0.2) is 42.5 Å². The van der Waals surface area contributed by atoms with Gasteiger partial charge in [0, 0.05) is 13.1 Å². The zero-order valence-corrected chi connectivity index (χ0v) is 15.9. The average Bonchev–Trinajstić information content (AvgIpc) is 2.67. The van der Waals surface area contributed by atoms with E-state index in [4.69, 9.17) is 0 Å². The first-order valence-electron chi connectivity index (χ1n) is 9.49. The molecule has 0 aromatic heterocycles. The van der Waals surface area contributed by atoms with Gasteiger partial charge in [-0.3, -0.25) is 0 Å². The van der Waals surface area contributed by atoms with Crippen LogP contribution in [0.5, 0.6) is 0 Å². The van der Waals surface area contributed by atoms with Crippen molar-refractivity contribution in [1.82, 2.24) is 10.6 Å². The molecule has 0 saturated carbocycles. The van der Waals surface area contributed by atoms with E-state index in [1.165, 1.54) is 12.1 Å². The van der Waals surface area contributed by atoms with Crippen molar-refractivity contribution in [3.8, 4) is 0 Å². The number of hydrogen-bond donors (Lipinski definition) is 2. The number of benzene rings is 2. The number of piperidine rings is 1. The van der Waals surface area contributed by atoms with Gasteiger partial charge in [-0.25, -0.2) is 4.39 Å². The van der Waals surface area contributed by atoms with E-state index in [0.29, 0.717) is 13.1 Å². The second-order valence-electron chi connectivity index (χ2n) is 7.46. The fraction of sp³-hybridized carbons (Fsp3) is 0.429. The molecule has 2 N–H and O–H groups in total. The Morgan fingerprint density at radius 1 is 0.900 bits per heavy atom. The maximum absolute atomic E-state index is 13.2. The van der Waals surface area contributed by atoms with E-state index in [1.807, 2.05) is 0 Å². The van der Waals surface area contributed by atoms with Crippen molar-refractivity contribution in [3.63, 3.8) is 0 Å². The van der Waals surface area contributed by atoms with Gasteiger partial charge in [0.1, 0.15) is 5.82 Å². The van der Waals surface area contributed by atoms with Crippen molar-refractivity contribution >= 4 is 0 Å². The zero-order chi connectivity index (χ0) is 21.9. The minimum atomic E-state index is -4.86. The van der Waals surface area contributed by atoms with Gasteiger partial charge in [0.15, 0.2) is 0 Å². The number of rotatable bonds is 5. The summed E-state index contributed by atoms with van der Waals surface area (Å²) in [6.07, 6.45) is -8.92. The van der Waals surface area contributed by atoms with Crippen LogP contribution in [0.4, 0.5) is 30.7 Å². The minimum Gasteiger partial charge on any atom is -0.316 e. The minimum absolute atomic E-state index is 0.0668. The van der Waals surface area contributed by atoms with Gasteiger partial charge in [0.2, 0.25) is 0 Å². The van der Waals surface area contributed by atoms with Crippen LogP contribution < -0.4 is 10.6 Å². The molecule has 0 aliphatic carbocycles. The SMILES string of the molecule is Fc1ccc([C@@H]2CCNC[C@H]2CNCc2cc(C(F)(F)F)cc(C(F)(F)F)c2)cc1. The molecule has 164 valence electrons. The quantitative estimate of drug-likeness (QED) is 0.621. The summed E-state index contributed by atoms with van der Waals surface area (Å²) in [6, 6.07) is 7.77. The first-order chi connectivity index (χ1) is 14.0. The highest BCUT2D eigenvalue weighted by atomic mass is 19.4. The Morgan fingerprint density at radius 3 is 2.07 bits per heavy atom. The molecule has 30 heavy (non-hydrogen) atoms. The number of hydrogen-bond acceptors (Lipinski definition) is 2. The summed E-state index contributed by atoms with van der Waals surface area (Å²) in [7, 11) is 0. The summed E-state index contributed by atoms with van der Waals surface area (Å²) in [5.74, 6) is -0.156. The molecular weight excluding hydrogens is 413 g/mol. The van der Waals surface area contributed by atoms with Crippen molar-refractivity contribution < 1.29 is 30.7 Å². The molecule has 9 heteroatoms. The van der Waals surface area contributed by atoms with Crippen LogP contribution in [-0.2, 0) is 18.9 Å². The monoisotopic (exact) mass is 434 g/mol. The predicted molar refractivity (Wildman–Crippen MR) is 98.3 cm³/mol. The summed E-state index contributed by atoms with van der Waals surface area (Å²) in [5.41, 5.74) is -1.77. The van der Waals surface area contributed by atoms with E-state index in [2.05, 4.69) is 10.6 Å². The molecule has 1 aliphatic heterocycles. The lowest BCUT2D eigenvalue weighted by atomic mass is 9.81. The molecule has 1 aliphatic rings. The van der Waals surface area contributed by atoms with Crippen molar-refractivity contribution in [2.75, 3.05) is 19.6 Å². The molecule has 0 radical (unpaired) electrons. The lowest BCUT2D eigenvalue weighted by Gasteiger charge is -2.33. The second-order valence-corrected chi connectivity index (χ2v) is 7.46. The normalized spacial score (nSPS) is 20.4. The summed E-state index contributed by atoms with van der Waals surface area (Å²) < 4.78 is 91.2.